The van der Waals surface area contributed by atoms with Gasteiger partial charge in [-0.25, -0.2) is 0 Å². The van der Waals surface area contributed by atoms with E-state index in [1.54, 1.807) is 0 Å². The maximum Gasteiger partial charge on any atom is 0.182 e. The van der Waals surface area contributed by atoms with E-state index in [9.17, 15) is 20.1 Å². The van der Waals surface area contributed by atoms with Gasteiger partial charge in [-0.15, -0.1) is 0 Å². The van der Waals surface area contributed by atoms with Crippen LogP contribution in [0.1, 0.15) is 11.1 Å². The van der Waals surface area contributed by atoms with Gasteiger partial charge in [0.15, 0.2) is 28.8 Å². The van der Waals surface area contributed by atoms with Crippen LogP contribution < -0.4 is 9.47 Å². The van der Waals surface area contributed by atoms with Crippen molar-refractivity contribution in [2.45, 2.75) is 0 Å². The topological polar surface area (TPSA) is 96.2 Å². The van der Waals surface area contributed by atoms with Gasteiger partial charge < -0.3 is 24.8 Å². The number of halogens is 2. The molecule has 0 heterocycles. The van der Waals surface area contributed by atoms with Crippen molar-refractivity contribution in [3.63, 3.8) is 0 Å². The minimum atomic E-state index is -0.475. The smallest absolute Gasteiger partial charge is 0.182 e. The molecular weight excluding hydrogens is 419 g/mol. The Morgan fingerprint density at radius 3 is 1.76 bits per heavy atom. The third kappa shape index (κ3) is 5.94. The van der Waals surface area contributed by atoms with E-state index in [0.717, 1.165) is 6.08 Å². The van der Waals surface area contributed by atoms with E-state index < -0.39 is 5.78 Å². The van der Waals surface area contributed by atoms with E-state index in [2.05, 4.69) is 0 Å². The van der Waals surface area contributed by atoms with Crippen LogP contribution in [0.2, 0.25) is 10.0 Å². The molecule has 3 N–H and O–H groups in total. The molecule has 0 spiro atoms. The van der Waals surface area contributed by atoms with Gasteiger partial charge in [-0.2, -0.15) is 0 Å². The first-order valence-electron chi connectivity index (χ1n) is 8.19. The number of carbonyl (C=O) groups is 1. The summed E-state index contributed by atoms with van der Waals surface area (Å²) in [5, 5.41) is 29.5. The SMILES string of the molecule is COc1cc(/C=C/C(=O)C=C(O)/C=C/c2cc(Cl)c(O)c(OC)c2)cc(Cl)c1O. The normalized spacial score (nSPS) is 11.9. The van der Waals surface area contributed by atoms with Crippen molar-refractivity contribution in [1.82, 2.24) is 0 Å². The van der Waals surface area contributed by atoms with Crippen LogP contribution in [0.4, 0.5) is 0 Å². The van der Waals surface area contributed by atoms with E-state index in [1.165, 1.54) is 62.8 Å². The van der Waals surface area contributed by atoms with Gasteiger partial charge in [-0.3, -0.25) is 4.79 Å². The van der Waals surface area contributed by atoms with Crippen LogP contribution in [0, 0.1) is 0 Å². The number of allylic oxidation sites excluding steroid dienone is 3. The molecule has 0 saturated heterocycles. The molecule has 0 atom stereocenters. The highest BCUT2D eigenvalue weighted by molar-refractivity contribution is 6.32. The average Bonchev–Trinajstić information content (AvgIpc) is 2.69. The third-order valence-corrected chi connectivity index (χ3v) is 4.29. The Bertz CT molecular complexity index is 1010. The van der Waals surface area contributed by atoms with Crippen molar-refractivity contribution in [1.29, 1.82) is 0 Å². The number of benzene rings is 2. The summed E-state index contributed by atoms with van der Waals surface area (Å²) < 4.78 is 10.00. The van der Waals surface area contributed by atoms with E-state index in [1.807, 2.05) is 0 Å². The van der Waals surface area contributed by atoms with Crippen LogP contribution >= 0.6 is 23.2 Å². The molecule has 2 aromatic carbocycles. The van der Waals surface area contributed by atoms with Crippen molar-refractivity contribution >= 4 is 41.1 Å². The van der Waals surface area contributed by atoms with Crippen LogP contribution in [-0.2, 0) is 4.79 Å². The van der Waals surface area contributed by atoms with Gasteiger partial charge in [-0.05, 0) is 47.5 Å². The van der Waals surface area contributed by atoms with Crippen LogP contribution in [0.5, 0.6) is 23.0 Å². The first kappa shape index (κ1) is 22.2. The Kier molecular flexibility index (Phi) is 7.59. The molecule has 0 aromatic heterocycles. The summed E-state index contributed by atoms with van der Waals surface area (Å²) in [6, 6.07) is 5.98. The minimum absolute atomic E-state index is 0.0840. The Labute approximate surface area is 177 Å². The summed E-state index contributed by atoms with van der Waals surface area (Å²) in [6.45, 7) is 0. The first-order valence-corrected chi connectivity index (χ1v) is 8.94. The van der Waals surface area contributed by atoms with Crippen molar-refractivity contribution in [2.24, 2.45) is 0 Å². The molecule has 152 valence electrons. The highest BCUT2D eigenvalue weighted by Gasteiger charge is 2.08. The number of ketones is 1. The number of aliphatic hydroxyl groups excluding tert-OH is 1. The molecule has 29 heavy (non-hydrogen) atoms. The van der Waals surface area contributed by atoms with Gasteiger partial charge in [0.25, 0.3) is 0 Å². The first-order chi connectivity index (χ1) is 13.7. The lowest BCUT2D eigenvalue weighted by atomic mass is 10.1. The maximum atomic E-state index is 12.0. The van der Waals surface area contributed by atoms with Crippen molar-refractivity contribution in [2.75, 3.05) is 14.2 Å². The number of ether oxygens (including phenoxy) is 2. The summed E-state index contributed by atoms with van der Waals surface area (Å²) in [5.74, 6) is -0.777. The van der Waals surface area contributed by atoms with E-state index in [4.69, 9.17) is 32.7 Å². The molecule has 0 aliphatic carbocycles. The molecule has 8 heteroatoms. The van der Waals surface area contributed by atoms with E-state index in [-0.39, 0.29) is 38.8 Å². The quantitative estimate of drug-likeness (QED) is 0.315. The van der Waals surface area contributed by atoms with Gasteiger partial charge in [0.05, 0.1) is 24.3 Å². The van der Waals surface area contributed by atoms with Crippen LogP contribution in [0.15, 0.2) is 48.3 Å². The third-order valence-electron chi connectivity index (χ3n) is 3.72. The molecule has 0 aliphatic heterocycles. The summed E-state index contributed by atoms with van der Waals surface area (Å²) in [7, 11) is 2.77. The molecule has 0 bridgehead atoms. The Morgan fingerprint density at radius 2 is 1.31 bits per heavy atom. The molecule has 0 unspecified atom stereocenters. The van der Waals surface area contributed by atoms with Crippen molar-refractivity contribution < 1.29 is 29.6 Å². The fourth-order valence-corrected chi connectivity index (χ4v) is 2.73. The monoisotopic (exact) mass is 436 g/mol. The van der Waals surface area contributed by atoms with E-state index >= 15 is 0 Å². The van der Waals surface area contributed by atoms with Gasteiger partial charge in [-0.1, -0.05) is 35.4 Å². The predicted octanol–water partition coefficient (Wildman–Crippen LogP) is 5.16. The van der Waals surface area contributed by atoms with Crippen LogP contribution in [0.3, 0.4) is 0 Å². The van der Waals surface area contributed by atoms with Crippen LogP contribution in [-0.4, -0.2) is 35.3 Å². The molecular formula is C21H18Cl2O6. The summed E-state index contributed by atoms with van der Waals surface area (Å²) in [5.41, 5.74) is 1.09. The molecule has 0 amide bonds. The number of aromatic hydroxyl groups is 2. The molecule has 0 fully saturated rings. The highest BCUT2D eigenvalue weighted by atomic mass is 35.5. The Morgan fingerprint density at radius 1 is 0.862 bits per heavy atom. The Hall–Kier alpha value is -3.09. The zero-order valence-electron chi connectivity index (χ0n) is 15.5. The number of hydrogen-bond donors (Lipinski definition) is 3. The summed E-state index contributed by atoms with van der Waals surface area (Å²) >= 11 is 11.8. The molecule has 2 aromatic rings. The fourth-order valence-electron chi connectivity index (χ4n) is 2.29. The second-order valence-corrected chi connectivity index (χ2v) is 6.56. The second kappa shape index (κ2) is 9.91. The molecule has 0 radical (unpaired) electrons. The Balaban J connectivity index is 2.13. The lowest BCUT2D eigenvalue weighted by Crippen LogP contribution is -1.90. The second-order valence-electron chi connectivity index (χ2n) is 5.75. The standard InChI is InChI=1S/C21H18Cl2O6/c1-28-18-9-12(7-16(22)20(18)26)3-5-14(24)11-15(25)6-4-13-8-17(23)21(27)19(10-13)29-2/h3-11,24,26-27H,1-2H3/b5-3+,6-4+,14-11?. The molecule has 2 rings (SSSR count). The average molecular weight is 437 g/mol. The van der Waals surface area contributed by atoms with Gasteiger partial charge in [0.2, 0.25) is 0 Å². The number of carbonyl (C=O) groups excluding carboxylic acids is 1. The number of rotatable bonds is 7. The predicted molar refractivity (Wildman–Crippen MR) is 113 cm³/mol. The highest BCUT2D eigenvalue weighted by Crippen LogP contribution is 2.36. The number of phenolic OH excluding ortho intramolecular Hbond substituents is 2. The number of phenols is 2. The van der Waals surface area contributed by atoms with E-state index in [0.29, 0.717) is 11.1 Å². The maximum absolute atomic E-state index is 12.0. The molecule has 0 saturated carbocycles. The molecule has 0 aliphatic rings. The molecule has 6 nitrogen and oxygen atoms in total. The van der Waals surface area contributed by atoms with Crippen molar-refractivity contribution in [3.8, 4) is 23.0 Å². The van der Waals surface area contributed by atoms with Gasteiger partial charge in [0, 0.05) is 6.08 Å². The number of hydrogen-bond acceptors (Lipinski definition) is 6. The van der Waals surface area contributed by atoms with Crippen LogP contribution in [0.25, 0.3) is 12.2 Å². The number of aliphatic hydroxyl groups is 1. The fraction of sp³-hybridized carbons (Fsp3) is 0.0952. The minimum Gasteiger partial charge on any atom is -0.508 e. The largest absolute Gasteiger partial charge is 0.508 e. The summed E-state index contributed by atoms with van der Waals surface area (Å²) in [4.78, 5) is 12.0. The lowest BCUT2D eigenvalue weighted by molar-refractivity contribution is -0.110. The zero-order valence-corrected chi connectivity index (χ0v) is 17.0. The van der Waals surface area contributed by atoms with Gasteiger partial charge >= 0.3 is 0 Å². The zero-order chi connectivity index (χ0) is 21.6. The summed E-state index contributed by atoms with van der Waals surface area (Å²) in [6.07, 6.45) is 6.52. The number of methoxy groups -OCH3 is 2. The van der Waals surface area contributed by atoms with Gasteiger partial charge in [0.1, 0.15) is 5.76 Å². The van der Waals surface area contributed by atoms with Crippen molar-refractivity contribution in [3.05, 3.63) is 69.4 Å². The lowest BCUT2D eigenvalue weighted by Gasteiger charge is -2.06.